The van der Waals surface area contributed by atoms with Crippen molar-refractivity contribution in [1.29, 1.82) is 0 Å². The molecule has 1 saturated heterocycles. The van der Waals surface area contributed by atoms with E-state index in [9.17, 15) is 8.42 Å². The number of nitrogens with zero attached hydrogens (tertiary/aromatic N) is 1. The molecule has 19 heavy (non-hydrogen) atoms. The maximum absolute atomic E-state index is 11.5. The first-order valence-corrected chi connectivity index (χ1v) is 8.95. The van der Waals surface area contributed by atoms with E-state index in [2.05, 4.69) is 11.8 Å². The summed E-state index contributed by atoms with van der Waals surface area (Å²) in [7, 11) is -3.09. The lowest BCUT2D eigenvalue weighted by Gasteiger charge is -2.36. The predicted octanol–water partition coefficient (Wildman–Crippen LogP) is 3.03. The lowest BCUT2D eigenvalue weighted by Crippen LogP contribution is -2.33. The Bertz CT molecular complexity index is 505. The molecule has 3 nitrogen and oxygen atoms in total. The Morgan fingerprint density at radius 1 is 1.21 bits per heavy atom. The van der Waals surface area contributed by atoms with E-state index in [0.717, 1.165) is 19.5 Å². The van der Waals surface area contributed by atoms with Gasteiger partial charge in [-0.3, -0.25) is 4.90 Å². The van der Waals surface area contributed by atoms with Crippen LogP contribution >= 0.6 is 0 Å². The van der Waals surface area contributed by atoms with Crippen LogP contribution in [0.25, 0.3) is 0 Å². The standard InChI is InChI=1S/C15H23NO2S/c1-3-11-16-12-5-4-6-15(16)13-7-9-14(10-8-13)19(2,17)18/h7-10,15H,3-6,11-12H2,1-2H3. The van der Waals surface area contributed by atoms with Crippen molar-refractivity contribution in [3.8, 4) is 0 Å². The smallest absolute Gasteiger partial charge is 0.175 e. The Morgan fingerprint density at radius 3 is 2.47 bits per heavy atom. The summed E-state index contributed by atoms with van der Waals surface area (Å²) in [4.78, 5) is 2.94. The zero-order chi connectivity index (χ0) is 13.9. The number of hydrogen-bond donors (Lipinski definition) is 0. The molecule has 0 amide bonds. The first kappa shape index (κ1) is 14.5. The van der Waals surface area contributed by atoms with Crippen molar-refractivity contribution in [2.75, 3.05) is 19.3 Å². The van der Waals surface area contributed by atoms with Crippen LogP contribution in [-0.4, -0.2) is 32.7 Å². The SMILES string of the molecule is CCCN1CCCCC1c1ccc(S(C)(=O)=O)cc1. The molecule has 0 spiro atoms. The molecule has 1 aromatic rings. The summed E-state index contributed by atoms with van der Waals surface area (Å²) < 4.78 is 23.0. The molecule has 0 radical (unpaired) electrons. The van der Waals surface area contributed by atoms with Gasteiger partial charge >= 0.3 is 0 Å². The van der Waals surface area contributed by atoms with Crippen molar-refractivity contribution in [2.45, 2.75) is 43.5 Å². The highest BCUT2D eigenvalue weighted by molar-refractivity contribution is 7.90. The first-order chi connectivity index (χ1) is 9.02. The van der Waals surface area contributed by atoms with Crippen LogP contribution in [0, 0.1) is 0 Å². The molecule has 106 valence electrons. The van der Waals surface area contributed by atoms with E-state index in [1.54, 1.807) is 12.1 Å². The summed E-state index contributed by atoms with van der Waals surface area (Å²) >= 11 is 0. The Balaban J connectivity index is 2.20. The highest BCUT2D eigenvalue weighted by Crippen LogP contribution is 2.31. The summed E-state index contributed by atoms with van der Waals surface area (Å²) in [5.41, 5.74) is 1.25. The zero-order valence-corrected chi connectivity index (χ0v) is 12.6. The minimum Gasteiger partial charge on any atom is -0.296 e. The molecular formula is C15H23NO2S. The lowest BCUT2D eigenvalue weighted by atomic mass is 9.95. The molecule has 1 aliphatic rings. The fourth-order valence-corrected chi connectivity index (χ4v) is 3.49. The lowest BCUT2D eigenvalue weighted by molar-refractivity contribution is 0.149. The highest BCUT2D eigenvalue weighted by Gasteiger charge is 2.23. The fourth-order valence-electron chi connectivity index (χ4n) is 2.86. The van der Waals surface area contributed by atoms with Crippen LogP contribution in [-0.2, 0) is 9.84 Å². The van der Waals surface area contributed by atoms with Crippen LogP contribution in [0.3, 0.4) is 0 Å². The predicted molar refractivity (Wildman–Crippen MR) is 78.0 cm³/mol. The van der Waals surface area contributed by atoms with Gasteiger partial charge in [-0.05, 0) is 50.0 Å². The summed E-state index contributed by atoms with van der Waals surface area (Å²) in [6.07, 6.45) is 6.14. The van der Waals surface area contributed by atoms with Gasteiger partial charge in [-0.15, -0.1) is 0 Å². The number of piperidine rings is 1. The second-order valence-corrected chi connectivity index (χ2v) is 7.40. The monoisotopic (exact) mass is 281 g/mol. The second kappa shape index (κ2) is 6.06. The Morgan fingerprint density at radius 2 is 1.89 bits per heavy atom. The van der Waals surface area contributed by atoms with Crippen molar-refractivity contribution >= 4 is 9.84 Å². The normalized spacial score (nSPS) is 21.5. The van der Waals surface area contributed by atoms with Crippen molar-refractivity contribution in [1.82, 2.24) is 4.90 Å². The van der Waals surface area contributed by atoms with E-state index in [0.29, 0.717) is 10.9 Å². The number of sulfone groups is 1. The largest absolute Gasteiger partial charge is 0.296 e. The molecule has 1 fully saturated rings. The van der Waals surface area contributed by atoms with Gasteiger partial charge in [-0.2, -0.15) is 0 Å². The van der Waals surface area contributed by atoms with Crippen LogP contribution in [0.2, 0.25) is 0 Å². The average Bonchev–Trinajstić information content (AvgIpc) is 2.39. The molecule has 4 heteroatoms. The summed E-state index contributed by atoms with van der Waals surface area (Å²) in [6.45, 7) is 4.49. The molecule has 0 aromatic heterocycles. The summed E-state index contributed by atoms with van der Waals surface area (Å²) in [5, 5.41) is 0. The van der Waals surface area contributed by atoms with Crippen LogP contribution < -0.4 is 0 Å². The third-order valence-corrected chi connectivity index (χ3v) is 4.95. The van der Waals surface area contributed by atoms with Crippen LogP contribution in [0.15, 0.2) is 29.2 Å². The minimum absolute atomic E-state index is 0.411. The van der Waals surface area contributed by atoms with Gasteiger partial charge in [0.05, 0.1) is 4.90 Å². The van der Waals surface area contributed by atoms with Gasteiger partial charge < -0.3 is 0 Å². The van der Waals surface area contributed by atoms with Gasteiger partial charge in [0.15, 0.2) is 9.84 Å². The summed E-state index contributed by atoms with van der Waals surface area (Å²) in [5.74, 6) is 0. The van der Waals surface area contributed by atoms with Crippen LogP contribution in [0.1, 0.15) is 44.2 Å². The molecule has 1 atom stereocenters. The number of benzene rings is 1. The molecular weight excluding hydrogens is 258 g/mol. The van der Waals surface area contributed by atoms with Gasteiger partial charge in [0.25, 0.3) is 0 Å². The summed E-state index contributed by atoms with van der Waals surface area (Å²) in [6, 6.07) is 7.90. The molecule has 2 rings (SSSR count). The molecule has 1 heterocycles. The number of likely N-dealkylation sites (tertiary alicyclic amines) is 1. The van der Waals surface area contributed by atoms with E-state index in [1.807, 2.05) is 12.1 Å². The first-order valence-electron chi connectivity index (χ1n) is 7.06. The van der Waals surface area contributed by atoms with E-state index in [1.165, 1.54) is 31.1 Å². The van der Waals surface area contributed by atoms with E-state index in [4.69, 9.17) is 0 Å². The average molecular weight is 281 g/mol. The zero-order valence-electron chi connectivity index (χ0n) is 11.8. The van der Waals surface area contributed by atoms with Crippen molar-refractivity contribution in [3.63, 3.8) is 0 Å². The topological polar surface area (TPSA) is 37.4 Å². The quantitative estimate of drug-likeness (QED) is 0.851. The third kappa shape index (κ3) is 3.57. The van der Waals surface area contributed by atoms with Gasteiger partial charge in [0.1, 0.15) is 0 Å². The Hall–Kier alpha value is -0.870. The maximum Gasteiger partial charge on any atom is 0.175 e. The van der Waals surface area contributed by atoms with Crippen LogP contribution in [0.4, 0.5) is 0 Å². The molecule has 0 bridgehead atoms. The Kier molecular flexibility index (Phi) is 4.63. The van der Waals surface area contributed by atoms with E-state index in [-0.39, 0.29) is 0 Å². The minimum atomic E-state index is -3.09. The molecule has 0 saturated carbocycles. The highest BCUT2D eigenvalue weighted by atomic mass is 32.2. The van der Waals surface area contributed by atoms with Gasteiger partial charge in [0.2, 0.25) is 0 Å². The molecule has 1 unspecified atom stereocenters. The molecule has 1 aromatic carbocycles. The van der Waals surface area contributed by atoms with Gasteiger partial charge in [-0.25, -0.2) is 8.42 Å². The maximum atomic E-state index is 11.5. The Labute approximate surface area is 116 Å². The van der Waals surface area contributed by atoms with Crippen molar-refractivity contribution in [3.05, 3.63) is 29.8 Å². The van der Waals surface area contributed by atoms with E-state index < -0.39 is 9.84 Å². The van der Waals surface area contributed by atoms with Gasteiger partial charge in [-0.1, -0.05) is 25.5 Å². The van der Waals surface area contributed by atoms with Crippen molar-refractivity contribution in [2.24, 2.45) is 0 Å². The number of rotatable bonds is 4. The number of hydrogen-bond acceptors (Lipinski definition) is 3. The fraction of sp³-hybridized carbons (Fsp3) is 0.600. The van der Waals surface area contributed by atoms with Crippen LogP contribution in [0.5, 0.6) is 0 Å². The second-order valence-electron chi connectivity index (χ2n) is 5.39. The molecule has 0 N–H and O–H groups in total. The van der Waals surface area contributed by atoms with E-state index >= 15 is 0 Å². The third-order valence-electron chi connectivity index (χ3n) is 3.82. The molecule has 1 aliphatic heterocycles. The van der Waals surface area contributed by atoms with Crippen molar-refractivity contribution < 1.29 is 8.42 Å². The molecule has 0 aliphatic carbocycles. The van der Waals surface area contributed by atoms with Gasteiger partial charge in [0, 0.05) is 12.3 Å².